The van der Waals surface area contributed by atoms with Crippen molar-refractivity contribution in [2.24, 2.45) is 0 Å². The molecule has 0 saturated heterocycles. The van der Waals surface area contributed by atoms with Crippen LogP contribution < -0.4 is 10.4 Å². The van der Waals surface area contributed by atoms with Crippen LogP contribution in [0.2, 0.25) is 0 Å². The molecule has 3 aromatic rings. The van der Waals surface area contributed by atoms with Crippen molar-refractivity contribution in [1.82, 2.24) is 4.98 Å². The van der Waals surface area contributed by atoms with Crippen LogP contribution in [-0.4, -0.2) is 10.9 Å². The molecule has 4 heteroatoms. The van der Waals surface area contributed by atoms with Crippen LogP contribution in [0, 0.1) is 0 Å². The van der Waals surface area contributed by atoms with E-state index in [2.05, 4.69) is 22.5 Å². The molecule has 0 aliphatic carbocycles. The summed E-state index contributed by atoms with van der Waals surface area (Å²) in [4.78, 5) is 16.6. The zero-order valence-corrected chi connectivity index (χ0v) is 13.1. The molecular formula is C20H17N3O. The highest BCUT2D eigenvalue weighted by Gasteiger charge is 2.27. The maximum atomic E-state index is 12.4. The van der Waals surface area contributed by atoms with Crippen LogP contribution in [0.1, 0.15) is 16.7 Å². The Morgan fingerprint density at radius 2 is 1.79 bits per heavy atom. The first-order valence-electron chi connectivity index (χ1n) is 7.95. The summed E-state index contributed by atoms with van der Waals surface area (Å²) in [5, 5.41) is 1.64. The van der Waals surface area contributed by atoms with Crippen LogP contribution in [0.5, 0.6) is 0 Å². The summed E-state index contributed by atoms with van der Waals surface area (Å²) in [5.41, 5.74) is 8.42. The van der Waals surface area contributed by atoms with E-state index >= 15 is 0 Å². The van der Waals surface area contributed by atoms with E-state index in [0.29, 0.717) is 6.42 Å². The van der Waals surface area contributed by atoms with Crippen LogP contribution in [0.4, 0.5) is 11.4 Å². The second kappa shape index (κ2) is 6.16. The monoisotopic (exact) mass is 315 g/mol. The number of nitrogens with zero attached hydrogens (tertiary/aromatic N) is 2. The smallest absolute Gasteiger partial charge is 0.250 e. The second-order valence-corrected chi connectivity index (χ2v) is 5.84. The topological polar surface area (TPSA) is 45.2 Å². The Hall–Kier alpha value is -3.14. The van der Waals surface area contributed by atoms with E-state index in [9.17, 15) is 4.79 Å². The van der Waals surface area contributed by atoms with Gasteiger partial charge in [0.25, 0.3) is 0 Å². The van der Waals surface area contributed by atoms with Crippen molar-refractivity contribution < 1.29 is 4.79 Å². The van der Waals surface area contributed by atoms with Gasteiger partial charge in [0, 0.05) is 18.8 Å². The lowest BCUT2D eigenvalue weighted by Gasteiger charge is -2.21. The van der Waals surface area contributed by atoms with Crippen molar-refractivity contribution in [3.05, 3.63) is 89.7 Å². The zero-order valence-electron chi connectivity index (χ0n) is 13.1. The van der Waals surface area contributed by atoms with Crippen molar-refractivity contribution >= 4 is 17.3 Å². The number of hydrazine groups is 1. The molecule has 0 spiro atoms. The average Bonchev–Trinajstić information content (AvgIpc) is 2.93. The molecule has 1 amide bonds. The average molecular weight is 315 g/mol. The Labute approximate surface area is 140 Å². The quantitative estimate of drug-likeness (QED) is 0.800. The third-order valence-electron chi connectivity index (χ3n) is 4.20. The highest BCUT2D eigenvalue weighted by atomic mass is 16.2. The van der Waals surface area contributed by atoms with E-state index in [1.165, 1.54) is 5.56 Å². The first-order valence-corrected chi connectivity index (χ1v) is 7.95. The van der Waals surface area contributed by atoms with E-state index in [-0.39, 0.29) is 5.91 Å². The molecule has 1 aromatic heterocycles. The SMILES string of the molecule is O=C1Cc2ccccc2N1Nc1ccncc1Cc1ccccc1. The Kier molecular flexibility index (Phi) is 3.71. The minimum Gasteiger partial charge on any atom is -0.291 e. The van der Waals surface area contributed by atoms with Gasteiger partial charge < -0.3 is 0 Å². The fourth-order valence-electron chi connectivity index (χ4n) is 2.99. The number of amides is 1. The summed E-state index contributed by atoms with van der Waals surface area (Å²) < 4.78 is 0. The van der Waals surface area contributed by atoms with Crippen molar-refractivity contribution in [2.45, 2.75) is 12.8 Å². The van der Waals surface area contributed by atoms with Crippen molar-refractivity contribution in [3.63, 3.8) is 0 Å². The van der Waals surface area contributed by atoms with Gasteiger partial charge in [-0.05, 0) is 28.8 Å². The number of fused-ring (bicyclic) bond motifs is 1. The maximum absolute atomic E-state index is 12.4. The molecule has 4 nitrogen and oxygen atoms in total. The third-order valence-corrected chi connectivity index (χ3v) is 4.20. The summed E-state index contributed by atoms with van der Waals surface area (Å²) in [6.45, 7) is 0. The number of carbonyl (C=O) groups excluding carboxylic acids is 1. The number of rotatable bonds is 4. The van der Waals surface area contributed by atoms with Crippen LogP contribution in [0.25, 0.3) is 0 Å². The fourth-order valence-corrected chi connectivity index (χ4v) is 2.99. The predicted molar refractivity (Wildman–Crippen MR) is 94.7 cm³/mol. The molecule has 0 radical (unpaired) electrons. The lowest BCUT2D eigenvalue weighted by atomic mass is 10.1. The number of nitrogens with one attached hydrogen (secondary N) is 1. The molecule has 1 N–H and O–H groups in total. The molecule has 24 heavy (non-hydrogen) atoms. The lowest BCUT2D eigenvalue weighted by Crippen LogP contribution is -2.33. The van der Waals surface area contributed by atoms with Gasteiger partial charge in [0.2, 0.25) is 5.91 Å². The van der Waals surface area contributed by atoms with E-state index in [1.54, 1.807) is 11.2 Å². The van der Waals surface area contributed by atoms with Gasteiger partial charge >= 0.3 is 0 Å². The molecule has 0 saturated carbocycles. The number of benzene rings is 2. The molecule has 2 aromatic carbocycles. The molecule has 118 valence electrons. The van der Waals surface area contributed by atoms with Gasteiger partial charge in [0.05, 0.1) is 17.8 Å². The summed E-state index contributed by atoms with van der Waals surface area (Å²) >= 11 is 0. The van der Waals surface area contributed by atoms with Crippen LogP contribution >= 0.6 is 0 Å². The normalized spacial score (nSPS) is 13.0. The Bertz CT molecular complexity index is 877. The first kappa shape index (κ1) is 14.5. The maximum Gasteiger partial charge on any atom is 0.250 e. The highest BCUT2D eigenvalue weighted by molar-refractivity contribution is 6.02. The third kappa shape index (κ3) is 2.74. The van der Waals surface area contributed by atoms with Crippen molar-refractivity contribution in [1.29, 1.82) is 0 Å². The van der Waals surface area contributed by atoms with Gasteiger partial charge in [-0.25, -0.2) is 5.01 Å². The van der Waals surface area contributed by atoms with E-state index < -0.39 is 0 Å². The van der Waals surface area contributed by atoms with Gasteiger partial charge in [-0.3, -0.25) is 15.2 Å². The van der Waals surface area contributed by atoms with Gasteiger partial charge in [-0.2, -0.15) is 0 Å². The van der Waals surface area contributed by atoms with Crippen LogP contribution in [0.15, 0.2) is 73.1 Å². The standard InChI is InChI=1S/C20H17N3O/c24-20-13-16-8-4-5-9-19(16)23(20)22-18-10-11-21-14-17(18)12-15-6-2-1-3-7-15/h1-11,14H,12-13H2,(H,21,22). The van der Waals surface area contributed by atoms with E-state index in [4.69, 9.17) is 0 Å². The van der Waals surface area contributed by atoms with Crippen molar-refractivity contribution in [2.75, 3.05) is 10.4 Å². The summed E-state index contributed by atoms with van der Waals surface area (Å²) in [6, 6.07) is 20.0. The zero-order chi connectivity index (χ0) is 16.4. The highest BCUT2D eigenvalue weighted by Crippen LogP contribution is 2.29. The molecule has 0 atom stereocenters. The minimum atomic E-state index is 0.0543. The van der Waals surface area contributed by atoms with Gasteiger partial charge in [-0.15, -0.1) is 0 Å². The van der Waals surface area contributed by atoms with Gasteiger partial charge in [-0.1, -0.05) is 48.5 Å². The first-order chi connectivity index (χ1) is 11.8. The number of para-hydroxylation sites is 1. The molecule has 1 aliphatic rings. The van der Waals surface area contributed by atoms with E-state index in [1.807, 2.05) is 54.7 Å². The predicted octanol–water partition coefficient (Wildman–Crippen LogP) is 3.59. The molecule has 1 aliphatic heterocycles. The minimum absolute atomic E-state index is 0.0543. The molecular weight excluding hydrogens is 298 g/mol. The molecule has 0 bridgehead atoms. The second-order valence-electron chi connectivity index (χ2n) is 5.84. The Morgan fingerprint density at radius 1 is 1.00 bits per heavy atom. The molecule has 0 fully saturated rings. The molecule has 0 unspecified atom stereocenters. The van der Waals surface area contributed by atoms with E-state index in [0.717, 1.165) is 28.9 Å². The Morgan fingerprint density at radius 3 is 2.67 bits per heavy atom. The van der Waals surface area contributed by atoms with Crippen LogP contribution in [-0.2, 0) is 17.6 Å². The largest absolute Gasteiger partial charge is 0.291 e. The van der Waals surface area contributed by atoms with Gasteiger partial charge in [0.15, 0.2) is 0 Å². The Balaban J connectivity index is 1.63. The number of aromatic nitrogens is 1. The molecule has 2 heterocycles. The number of pyridine rings is 1. The number of hydrogen-bond acceptors (Lipinski definition) is 3. The number of carbonyl (C=O) groups is 1. The lowest BCUT2D eigenvalue weighted by molar-refractivity contribution is -0.117. The fraction of sp³-hybridized carbons (Fsp3) is 0.100. The van der Waals surface area contributed by atoms with Crippen molar-refractivity contribution in [3.8, 4) is 0 Å². The summed E-state index contributed by atoms with van der Waals surface area (Å²) in [5.74, 6) is 0.0543. The number of hydrogen-bond donors (Lipinski definition) is 1. The summed E-state index contributed by atoms with van der Waals surface area (Å²) in [6.07, 6.45) is 4.79. The van der Waals surface area contributed by atoms with Gasteiger partial charge in [0.1, 0.15) is 0 Å². The molecule has 4 rings (SSSR count). The van der Waals surface area contributed by atoms with Crippen LogP contribution in [0.3, 0.4) is 0 Å². The summed E-state index contributed by atoms with van der Waals surface area (Å²) in [7, 11) is 0. The number of anilines is 2.